The van der Waals surface area contributed by atoms with Crippen LogP contribution in [0, 0.1) is 0 Å². The van der Waals surface area contributed by atoms with E-state index >= 15 is 0 Å². The summed E-state index contributed by atoms with van der Waals surface area (Å²) in [5, 5.41) is 18.4. The van der Waals surface area contributed by atoms with Gasteiger partial charge in [0.05, 0.1) is 6.54 Å². The first-order valence-electron chi connectivity index (χ1n) is 5.17. The van der Waals surface area contributed by atoms with Crippen molar-refractivity contribution in [3.8, 4) is 11.5 Å². The van der Waals surface area contributed by atoms with Gasteiger partial charge in [0.25, 0.3) is 0 Å². The quantitative estimate of drug-likeness (QED) is 0.601. The normalized spacial score (nSPS) is 11.1. The summed E-state index contributed by atoms with van der Waals surface area (Å²) < 4.78 is 0. The number of ketones is 1. The van der Waals surface area contributed by atoms with Crippen molar-refractivity contribution in [2.45, 2.75) is 19.9 Å². The van der Waals surface area contributed by atoms with Crippen molar-refractivity contribution in [1.29, 1.82) is 0 Å². The lowest BCUT2D eigenvalue weighted by molar-refractivity contribution is 0.0929. The summed E-state index contributed by atoms with van der Waals surface area (Å²) >= 11 is 0. The topological polar surface area (TPSA) is 60.8 Å². The van der Waals surface area contributed by atoms with Crippen molar-refractivity contribution in [3.63, 3.8) is 0 Å². The number of phenols is 2. The Hall–Kier alpha value is -1.55. The third-order valence-electron chi connectivity index (χ3n) is 2.57. The molecule has 16 heavy (non-hydrogen) atoms. The van der Waals surface area contributed by atoms with E-state index in [9.17, 15) is 9.90 Å². The van der Waals surface area contributed by atoms with Crippen LogP contribution in [0.3, 0.4) is 0 Å². The van der Waals surface area contributed by atoms with Crippen LogP contribution in [0.1, 0.15) is 24.2 Å². The number of phenolic OH excluding ortho intramolecular Hbond substituents is 2. The second-order valence-corrected chi connectivity index (χ2v) is 4.14. The molecule has 0 atom stereocenters. The van der Waals surface area contributed by atoms with E-state index in [1.807, 2.05) is 25.8 Å². The lowest BCUT2D eigenvalue weighted by Crippen LogP contribution is -2.31. The number of aromatic hydroxyl groups is 2. The van der Waals surface area contributed by atoms with Gasteiger partial charge in [-0.3, -0.25) is 9.69 Å². The van der Waals surface area contributed by atoms with Crippen LogP contribution >= 0.6 is 0 Å². The number of benzene rings is 1. The highest BCUT2D eigenvalue weighted by atomic mass is 16.3. The molecule has 0 fully saturated rings. The largest absolute Gasteiger partial charge is 0.504 e. The van der Waals surface area contributed by atoms with Crippen molar-refractivity contribution in [1.82, 2.24) is 4.90 Å². The van der Waals surface area contributed by atoms with Crippen LogP contribution in [-0.4, -0.2) is 40.5 Å². The maximum atomic E-state index is 11.8. The average molecular weight is 223 g/mol. The van der Waals surface area contributed by atoms with E-state index in [1.54, 1.807) is 0 Å². The first kappa shape index (κ1) is 12.5. The van der Waals surface area contributed by atoms with Crippen LogP contribution in [0.2, 0.25) is 0 Å². The minimum atomic E-state index is -0.266. The van der Waals surface area contributed by atoms with Gasteiger partial charge in [-0.15, -0.1) is 0 Å². The van der Waals surface area contributed by atoms with Gasteiger partial charge in [-0.05, 0) is 39.1 Å². The zero-order chi connectivity index (χ0) is 12.3. The van der Waals surface area contributed by atoms with Gasteiger partial charge in [0.2, 0.25) is 0 Å². The highest BCUT2D eigenvalue weighted by Crippen LogP contribution is 2.25. The fourth-order valence-corrected chi connectivity index (χ4v) is 1.20. The third kappa shape index (κ3) is 2.97. The van der Waals surface area contributed by atoms with Gasteiger partial charge in [0.1, 0.15) is 0 Å². The molecule has 0 aliphatic carbocycles. The van der Waals surface area contributed by atoms with E-state index in [0.717, 1.165) is 0 Å². The number of nitrogens with zero attached hydrogens (tertiary/aromatic N) is 1. The molecule has 0 radical (unpaired) electrons. The van der Waals surface area contributed by atoms with E-state index < -0.39 is 0 Å². The number of hydrogen-bond donors (Lipinski definition) is 2. The zero-order valence-corrected chi connectivity index (χ0v) is 9.77. The standard InChI is InChI=1S/C12H17NO3/c1-8(2)13(3)7-12(16)9-4-5-10(14)11(15)6-9/h4-6,8,14-15H,7H2,1-3H3. The highest BCUT2D eigenvalue weighted by molar-refractivity contribution is 5.98. The molecule has 0 aliphatic rings. The molecule has 2 N–H and O–H groups in total. The Morgan fingerprint density at radius 2 is 1.94 bits per heavy atom. The number of carbonyl (C=O) groups is 1. The Balaban J connectivity index is 2.77. The molecule has 4 nitrogen and oxygen atoms in total. The molecule has 88 valence electrons. The van der Waals surface area contributed by atoms with E-state index in [4.69, 9.17) is 5.11 Å². The van der Waals surface area contributed by atoms with Gasteiger partial charge in [-0.1, -0.05) is 0 Å². The summed E-state index contributed by atoms with van der Waals surface area (Å²) in [6.07, 6.45) is 0. The molecular weight excluding hydrogens is 206 g/mol. The molecule has 0 saturated carbocycles. The molecule has 1 rings (SSSR count). The number of Topliss-reactive ketones (excluding diaryl/α,β-unsaturated/α-hetero) is 1. The Kier molecular flexibility index (Phi) is 3.90. The number of likely N-dealkylation sites (N-methyl/N-ethyl adjacent to an activating group) is 1. The van der Waals surface area contributed by atoms with Crippen LogP contribution in [0.5, 0.6) is 11.5 Å². The van der Waals surface area contributed by atoms with Gasteiger partial charge < -0.3 is 10.2 Å². The summed E-state index contributed by atoms with van der Waals surface area (Å²) in [6, 6.07) is 4.39. The van der Waals surface area contributed by atoms with E-state index in [1.165, 1.54) is 18.2 Å². The minimum absolute atomic E-state index is 0.0773. The Morgan fingerprint density at radius 1 is 1.31 bits per heavy atom. The number of rotatable bonds is 4. The molecule has 0 unspecified atom stereocenters. The monoisotopic (exact) mass is 223 g/mol. The second kappa shape index (κ2) is 4.99. The smallest absolute Gasteiger partial charge is 0.176 e. The maximum absolute atomic E-state index is 11.8. The molecule has 1 aromatic carbocycles. The molecule has 0 aromatic heterocycles. The van der Waals surface area contributed by atoms with Crippen molar-refractivity contribution in [3.05, 3.63) is 23.8 Å². The van der Waals surface area contributed by atoms with Gasteiger partial charge in [-0.2, -0.15) is 0 Å². The second-order valence-electron chi connectivity index (χ2n) is 4.14. The molecule has 0 heterocycles. The van der Waals surface area contributed by atoms with Crippen LogP contribution < -0.4 is 0 Å². The van der Waals surface area contributed by atoms with Crippen molar-refractivity contribution in [2.75, 3.05) is 13.6 Å². The fraction of sp³-hybridized carbons (Fsp3) is 0.417. The van der Waals surface area contributed by atoms with Crippen molar-refractivity contribution >= 4 is 5.78 Å². The number of hydrogen-bond acceptors (Lipinski definition) is 4. The fourth-order valence-electron chi connectivity index (χ4n) is 1.20. The SMILES string of the molecule is CC(C)N(C)CC(=O)c1ccc(O)c(O)c1. The van der Waals surface area contributed by atoms with Crippen molar-refractivity contribution < 1.29 is 15.0 Å². The average Bonchev–Trinajstić information content (AvgIpc) is 2.21. The van der Waals surface area contributed by atoms with Crippen molar-refractivity contribution in [2.24, 2.45) is 0 Å². The van der Waals surface area contributed by atoms with E-state index in [-0.39, 0.29) is 23.3 Å². The molecule has 0 saturated heterocycles. The summed E-state index contributed by atoms with van der Waals surface area (Å²) in [7, 11) is 1.86. The molecule has 0 spiro atoms. The molecule has 0 bridgehead atoms. The molecule has 1 aromatic rings. The molecule has 0 aliphatic heterocycles. The Labute approximate surface area is 95.1 Å². The minimum Gasteiger partial charge on any atom is -0.504 e. The summed E-state index contributed by atoms with van der Waals surface area (Å²) in [5.41, 5.74) is 0.405. The van der Waals surface area contributed by atoms with Gasteiger partial charge in [0.15, 0.2) is 17.3 Å². The molecule has 4 heteroatoms. The van der Waals surface area contributed by atoms with Gasteiger partial charge >= 0.3 is 0 Å². The maximum Gasteiger partial charge on any atom is 0.176 e. The molecular formula is C12H17NO3. The lowest BCUT2D eigenvalue weighted by atomic mass is 10.1. The van der Waals surface area contributed by atoms with E-state index in [2.05, 4.69) is 0 Å². The third-order valence-corrected chi connectivity index (χ3v) is 2.57. The summed E-state index contributed by atoms with van der Waals surface area (Å²) in [4.78, 5) is 13.7. The van der Waals surface area contributed by atoms with Crippen LogP contribution in [0.25, 0.3) is 0 Å². The van der Waals surface area contributed by atoms with Gasteiger partial charge in [0, 0.05) is 11.6 Å². The Bertz CT molecular complexity index is 388. The predicted molar refractivity (Wildman–Crippen MR) is 61.9 cm³/mol. The lowest BCUT2D eigenvalue weighted by Gasteiger charge is -2.19. The summed E-state index contributed by atoms with van der Waals surface area (Å²) in [6.45, 7) is 4.30. The molecule has 0 amide bonds. The van der Waals surface area contributed by atoms with Crippen LogP contribution in [0.4, 0.5) is 0 Å². The first-order valence-corrected chi connectivity index (χ1v) is 5.17. The van der Waals surface area contributed by atoms with Crippen LogP contribution in [-0.2, 0) is 0 Å². The highest BCUT2D eigenvalue weighted by Gasteiger charge is 2.12. The first-order chi connectivity index (χ1) is 7.41. The zero-order valence-electron chi connectivity index (χ0n) is 9.77. The predicted octanol–water partition coefficient (Wildman–Crippen LogP) is 1.62. The Morgan fingerprint density at radius 3 is 2.44 bits per heavy atom. The number of carbonyl (C=O) groups excluding carboxylic acids is 1. The summed E-state index contributed by atoms with van der Waals surface area (Å²) in [5.74, 6) is -0.557. The van der Waals surface area contributed by atoms with Crippen LogP contribution in [0.15, 0.2) is 18.2 Å². The van der Waals surface area contributed by atoms with E-state index in [0.29, 0.717) is 12.1 Å². The van der Waals surface area contributed by atoms with Gasteiger partial charge in [-0.25, -0.2) is 0 Å².